The number of likely N-dealkylation sites (N-methyl/N-ethyl adjacent to an activating group) is 1. The van der Waals surface area contributed by atoms with E-state index < -0.39 is 28.2 Å². The number of carbonyl (C=O) groups is 1. The van der Waals surface area contributed by atoms with Crippen molar-refractivity contribution in [1.29, 1.82) is 0 Å². The molecule has 31 heavy (non-hydrogen) atoms. The molecule has 8 nitrogen and oxygen atoms in total. The van der Waals surface area contributed by atoms with E-state index in [1.54, 1.807) is 34.0 Å². The van der Waals surface area contributed by atoms with E-state index in [1.807, 2.05) is 0 Å². The lowest BCUT2D eigenvalue weighted by atomic mass is 10.1. The number of imidazole rings is 1. The zero-order valence-corrected chi connectivity index (χ0v) is 18.6. The standard InChI is InChI=1S/C21H24FN3O5S/c1-5-25(13-19(26)14-7-10-20(30-6-2)16(22)11-14)31(28,29)15-8-9-17-18(12-15)24(4)21(27)23(17)3/h7-12H,5-6,13H2,1-4H3. The SMILES string of the molecule is CCOc1ccc(C(=O)CN(CC)S(=O)(=O)c2ccc3c(c2)n(C)c(=O)n3C)cc1F. The Bertz CT molecular complexity index is 1310. The molecule has 1 aromatic heterocycles. The fraction of sp³-hybridized carbons (Fsp3) is 0.333. The average Bonchev–Trinajstić information content (AvgIpc) is 2.96. The maximum atomic E-state index is 14.1. The molecule has 0 aliphatic rings. The molecule has 0 bridgehead atoms. The summed E-state index contributed by atoms with van der Waals surface area (Å²) in [6, 6.07) is 8.17. The number of rotatable bonds is 8. The number of hydrogen-bond acceptors (Lipinski definition) is 5. The number of ether oxygens (including phenoxy) is 1. The van der Waals surface area contributed by atoms with Gasteiger partial charge in [-0.2, -0.15) is 4.31 Å². The van der Waals surface area contributed by atoms with Crippen molar-refractivity contribution in [3.05, 3.63) is 58.3 Å². The molecule has 0 N–H and O–H groups in total. The van der Waals surface area contributed by atoms with Crippen molar-refractivity contribution < 1.29 is 22.3 Å². The molecule has 166 valence electrons. The molecule has 0 unspecified atom stereocenters. The highest BCUT2D eigenvalue weighted by molar-refractivity contribution is 7.89. The van der Waals surface area contributed by atoms with Crippen molar-refractivity contribution in [3.8, 4) is 5.75 Å². The van der Waals surface area contributed by atoms with Gasteiger partial charge in [0.2, 0.25) is 10.0 Å². The van der Waals surface area contributed by atoms with Crippen molar-refractivity contribution in [3.63, 3.8) is 0 Å². The van der Waals surface area contributed by atoms with Gasteiger partial charge in [0, 0.05) is 26.2 Å². The number of sulfonamides is 1. The maximum absolute atomic E-state index is 14.1. The first-order chi connectivity index (χ1) is 14.6. The number of carbonyl (C=O) groups excluding carboxylic acids is 1. The third-order valence-corrected chi connectivity index (χ3v) is 7.02. The predicted molar refractivity (Wildman–Crippen MR) is 114 cm³/mol. The molecule has 3 rings (SSSR count). The van der Waals surface area contributed by atoms with E-state index >= 15 is 0 Å². The van der Waals surface area contributed by atoms with Crippen LogP contribution in [0.2, 0.25) is 0 Å². The fourth-order valence-corrected chi connectivity index (χ4v) is 4.79. The Hall–Kier alpha value is -2.98. The summed E-state index contributed by atoms with van der Waals surface area (Å²) in [5, 5.41) is 0. The third kappa shape index (κ3) is 4.13. The van der Waals surface area contributed by atoms with E-state index in [0.717, 1.165) is 10.4 Å². The molecular formula is C21H24FN3O5S. The van der Waals surface area contributed by atoms with Crippen molar-refractivity contribution >= 4 is 26.8 Å². The fourth-order valence-electron chi connectivity index (χ4n) is 3.36. The van der Waals surface area contributed by atoms with E-state index in [0.29, 0.717) is 11.0 Å². The number of nitrogens with zero attached hydrogens (tertiary/aromatic N) is 3. The molecule has 3 aromatic rings. The summed E-state index contributed by atoms with van der Waals surface area (Å²) in [5.41, 5.74) is 0.833. The lowest BCUT2D eigenvalue weighted by Gasteiger charge is -2.20. The minimum absolute atomic E-state index is 0.0285. The number of halogens is 1. The van der Waals surface area contributed by atoms with Crippen LogP contribution in [-0.2, 0) is 24.1 Å². The van der Waals surface area contributed by atoms with Gasteiger partial charge in [0.25, 0.3) is 0 Å². The number of ketones is 1. The van der Waals surface area contributed by atoms with Gasteiger partial charge in [0.15, 0.2) is 17.3 Å². The van der Waals surface area contributed by atoms with Crippen LogP contribution in [-0.4, -0.2) is 47.3 Å². The summed E-state index contributed by atoms with van der Waals surface area (Å²) < 4.78 is 49.4. The highest BCUT2D eigenvalue weighted by Gasteiger charge is 2.27. The summed E-state index contributed by atoms with van der Waals surface area (Å²) >= 11 is 0. The smallest absolute Gasteiger partial charge is 0.328 e. The van der Waals surface area contributed by atoms with Gasteiger partial charge in [0.05, 0.1) is 29.1 Å². The Morgan fingerprint density at radius 2 is 1.74 bits per heavy atom. The van der Waals surface area contributed by atoms with E-state index in [1.165, 1.54) is 33.4 Å². The Labute approximate surface area is 179 Å². The van der Waals surface area contributed by atoms with Gasteiger partial charge in [-0.05, 0) is 43.3 Å². The van der Waals surface area contributed by atoms with Gasteiger partial charge < -0.3 is 4.74 Å². The molecule has 2 aromatic carbocycles. The zero-order valence-electron chi connectivity index (χ0n) is 17.8. The lowest BCUT2D eigenvalue weighted by molar-refractivity contribution is 0.0967. The summed E-state index contributed by atoms with van der Waals surface area (Å²) in [5.74, 6) is -1.20. The van der Waals surface area contributed by atoms with Gasteiger partial charge >= 0.3 is 5.69 Å². The highest BCUT2D eigenvalue weighted by atomic mass is 32.2. The van der Waals surface area contributed by atoms with E-state index in [4.69, 9.17) is 4.74 Å². The van der Waals surface area contributed by atoms with Gasteiger partial charge in [-0.3, -0.25) is 13.9 Å². The largest absolute Gasteiger partial charge is 0.491 e. The van der Waals surface area contributed by atoms with Gasteiger partial charge in [0.1, 0.15) is 0 Å². The summed E-state index contributed by atoms with van der Waals surface area (Å²) in [4.78, 5) is 24.7. The minimum atomic E-state index is -4.02. The molecule has 0 amide bonds. The topological polar surface area (TPSA) is 90.6 Å². The van der Waals surface area contributed by atoms with Crippen LogP contribution in [0.1, 0.15) is 24.2 Å². The van der Waals surface area contributed by atoms with Gasteiger partial charge in [-0.1, -0.05) is 6.92 Å². The maximum Gasteiger partial charge on any atom is 0.328 e. The Kier molecular flexibility index (Phi) is 6.33. The normalized spacial score (nSPS) is 11.9. The van der Waals surface area contributed by atoms with Crippen LogP contribution in [0.4, 0.5) is 4.39 Å². The first kappa shape index (κ1) is 22.7. The first-order valence-corrected chi connectivity index (χ1v) is 11.2. The molecule has 0 saturated carbocycles. The average molecular weight is 450 g/mol. The van der Waals surface area contributed by atoms with Gasteiger partial charge in [-0.25, -0.2) is 17.6 Å². The predicted octanol–water partition coefficient (Wildman–Crippen LogP) is 2.31. The zero-order chi connectivity index (χ0) is 22.9. The number of fused-ring (bicyclic) bond motifs is 1. The monoisotopic (exact) mass is 449 g/mol. The van der Waals surface area contributed by atoms with E-state index in [9.17, 15) is 22.4 Å². The molecule has 0 radical (unpaired) electrons. The summed E-state index contributed by atoms with van der Waals surface area (Å²) in [6.45, 7) is 3.20. The molecular weight excluding hydrogens is 425 g/mol. The number of aromatic nitrogens is 2. The quantitative estimate of drug-likeness (QED) is 0.492. The Morgan fingerprint density at radius 3 is 2.35 bits per heavy atom. The number of aryl methyl sites for hydroxylation is 2. The number of hydrogen-bond donors (Lipinski definition) is 0. The van der Waals surface area contributed by atoms with Crippen LogP contribution in [0, 0.1) is 5.82 Å². The van der Waals surface area contributed by atoms with Crippen molar-refractivity contribution in [2.24, 2.45) is 14.1 Å². The third-order valence-electron chi connectivity index (χ3n) is 5.11. The molecule has 0 atom stereocenters. The highest BCUT2D eigenvalue weighted by Crippen LogP contribution is 2.23. The first-order valence-electron chi connectivity index (χ1n) is 9.73. The van der Waals surface area contributed by atoms with Crippen LogP contribution in [0.5, 0.6) is 5.75 Å². The molecule has 10 heteroatoms. The summed E-state index contributed by atoms with van der Waals surface area (Å²) in [6.07, 6.45) is 0. The van der Waals surface area contributed by atoms with Crippen LogP contribution in [0.25, 0.3) is 11.0 Å². The Morgan fingerprint density at radius 1 is 1.06 bits per heavy atom. The minimum Gasteiger partial charge on any atom is -0.491 e. The van der Waals surface area contributed by atoms with E-state index in [2.05, 4.69) is 0 Å². The molecule has 0 aliphatic carbocycles. The van der Waals surface area contributed by atoms with E-state index in [-0.39, 0.29) is 35.0 Å². The van der Waals surface area contributed by atoms with Crippen LogP contribution in [0.3, 0.4) is 0 Å². The molecule has 0 spiro atoms. The molecule has 1 heterocycles. The van der Waals surface area contributed by atoms with Gasteiger partial charge in [-0.15, -0.1) is 0 Å². The number of benzene rings is 2. The van der Waals surface area contributed by atoms with Crippen LogP contribution < -0.4 is 10.4 Å². The summed E-state index contributed by atoms with van der Waals surface area (Å²) in [7, 11) is -0.862. The molecule has 0 saturated heterocycles. The second-order valence-corrected chi connectivity index (χ2v) is 8.92. The molecule has 0 aliphatic heterocycles. The molecule has 0 fully saturated rings. The van der Waals surface area contributed by atoms with Crippen LogP contribution in [0.15, 0.2) is 46.1 Å². The second kappa shape index (κ2) is 8.64. The number of Topliss-reactive ketones (excluding diaryl/α,β-unsaturated/α-hetero) is 1. The lowest BCUT2D eigenvalue weighted by Crippen LogP contribution is -2.35. The van der Waals surface area contributed by atoms with Crippen LogP contribution >= 0.6 is 0 Å². The van der Waals surface area contributed by atoms with Crippen molar-refractivity contribution in [2.45, 2.75) is 18.7 Å². The van der Waals surface area contributed by atoms with Crippen molar-refractivity contribution in [1.82, 2.24) is 13.4 Å². The Balaban J connectivity index is 1.91. The van der Waals surface area contributed by atoms with Crippen molar-refractivity contribution in [2.75, 3.05) is 19.7 Å². The second-order valence-electron chi connectivity index (χ2n) is 6.98.